The Bertz CT molecular complexity index is 704. The average Bonchev–Trinajstić information content (AvgIpc) is 3.14. The summed E-state index contributed by atoms with van der Waals surface area (Å²) in [5, 5.41) is 0. The number of aliphatic imine (C=N–C) groups is 1. The summed E-state index contributed by atoms with van der Waals surface area (Å²) >= 11 is 0. The fourth-order valence-corrected chi connectivity index (χ4v) is 5.38. The van der Waals surface area contributed by atoms with E-state index in [1.54, 1.807) is 0 Å². The number of amidine groups is 1. The molecule has 1 fully saturated rings. The van der Waals surface area contributed by atoms with Crippen LogP contribution in [0.3, 0.4) is 0 Å². The van der Waals surface area contributed by atoms with Crippen LogP contribution in [-0.2, 0) is 27.9 Å². The standard InChI is InChI=1S/C22H32N2O2/c1-15(2)4-5-16-6-7-17-13-21(10-8-18(25-3)9-11-21)22(19(17)12-16)14-26-20(23)24-22/h6-7,12,15,18H,4-5,8-11,13-14H2,1-3H3,(H2,23,24). The average molecular weight is 357 g/mol. The molecule has 0 amide bonds. The van der Waals surface area contributed by atoms with Gasteiger partial charge in [-0.1, -0.05) is 32.0 Å². The van der Waals surface area contributed by atoms with Gasteiger partial charge >= 0.3 is 0 Å². The molecule has 4 heteroatoms. The number of nitrogens with two attached hydrogens (primary N) is 1. The fourth-order valence-electron chi connectivity index (χ4n) is 5.38. The van der Waals surface area contributed by atoms with Gasteiger partial charge in [0.25, 0.3) is 6.02 Å². The van der Waals surface area contributed by atoms with E-state index in [1.807, 2.05) is 7.11 Å². The first-order valence-electron chi connectivity index (χ1n) is 10.1. The van der Waals surface area contributed by atoms with Gasteiger partial charge in [0.15, 0.2) is 0 Å². The smallest absolute Gasteiger partial charge is 0.283 e. The van der Waals surface area contributed by atoms with Crippen LogP contribution in [0.15, 0.2) is 23.2 Å². The molecule has 1 aromatic rings. The first kappa shape index (κ1) is 17.8. The van der Waals surface area contributed by atoms with Crippen LogP contribution in [0.25, 0.3) is 0 Å². The Kier molecular flexibility index (Phi) is 4.50. The van der Waals surface area contributed by atoms with Gasteiger partial charge in [-0.15, -0.1) is 0 Å². The number of hydrogen-bond acceptors (Lipinski definition) is 4. The molecule has 0 saturated heterocycles. The first-order valence-corrected chi connectivity index (χ1v) is 10.1. The van der Waals surface area contributed by atoms with Crippen molar-refractivity contribution in [2.45, 2.75) is 70.4 Å². The zero-order chi connectivity index (χ0) is 18.4. The van der Waals surface area contributed by atoms with Crippen LogP contribution in [-0.4, -0.2) is 25.8 Å². The summed E-state index contributed by atoms with van der Waals surface area (Å²) < 4.78 is 11.4. The molecule has 0 aromatic heterocycles. The van der Waals surface area contributed by atoms with Gasteiger partial charge in [-0.2, -0.15) is 0 Å². The van der Waals surface area contributed by atoms with E-state index in [4.69, 9.17) is 20.2 Å². The van der Waals surface area contributed by atoms with Crippen molar-refractivity contribution < 1.29 is 9.47 Å². The molecule has 2 aliphatic carbocycles. The highest BCUT2D eigenvalue weighted by molar-refractivity contribution is 5.75. The van der Waals surface area contributed by atoms with Crippen molar-refractivity contribution in [2.75, 3.05) is 13.7 Å². The minimum absolute atomic E-state index is 0.127. The summed E-state index contributed by atoms with van der Waals surface area (Å²) in [6, 6.07) is 7.42. The Hall–Kier alpha value is -1.55. The Morgan fingerprint density at radius 3 is 2.69 bits per heavy atom. The third kappa shape index (κ3) is 2.74. The Labute approximate surface area is 157 Å². The van der Waals surface area contributed by atoms with E-state index in [2.05, 4.69) is 32.0 Å². The van der Waals surface area contributed by atoms with Crippen molar-refractivity contribution >= 4 is 6.02 Å². The summed E-state index contributed by atoms with van der Waals surface area (Å²) in [5.74, 6) is 0.719. The number of benzene rings is 1. The van der Waals surface area contributed by atoms with Crippen molar-refractivity contribution in [3.05, 3.63) is 34.9 Å². The Morgan fingerprint density at radius 1 is 1.31 bits per heavy atom. The number of aryl methyl sites for hydroxylation is 1. The fraction of sp³-hybridized carbons (Fsp3) is 0.682. The monoisotopic (exact) mass is 356 g/mol. The molecule has 0 bridgehead atoms. The highest BCUT2D eigenvalue weighted by atomic mass is 16.5. The maximum atomic E-state index is 6.03. The number of hydrogen-bond donors (Lipinski definition) is 1. The minimum atomic E-state index is -0.293. The van der Waals surface area contributed by atoms with E-state index >= 15 is 0 Å². The maximum Gasteiger partial charge on any atom is 0.283 e. The lowest BCUT2D eigenvalue weighted by molar-refractivity contribution is -0.00985. The lowest BCUT2D eigenvalue weighted by Crippen LogP contribution is -2.46. The largest absolute Gasteiger partial charge is 0.462 e. The molecule has 1 atom stereocenters. The van der Waals surface area contributed by atoms with Crippen molar-refractivity contribution in [1.29, 1.82) is 0 Å². The van der Waals surface area contributed by atoms with Crippen molar-refractivity contribution in [1.82, 2.24) is 0 Å². The van der Waals surface area contributed by atoms with Crippen LogP contribution in [0.2, 0.25) is 0 Å². The van der Waals surface area contributed by atoms with Gasteiger partial charge in [-0.25, -0.2) is 4.99 Å². The molecule has 2 spiro atoms. The van der Waals surface area contributed by atoms with Crippen LogP contribution in [0.1, 0.15) is 62.6 Å². The van der Waals surface area contributed by atoms with Crippen molar-refractivity contribution in [3.8, 4) is 0 Å². The molecule has 4 rings (SSSR count). The van der Waals surface area contributed by atoms with Crippen LogP contribution >= 0.6 is 0 Å². The van der Waals surface area contributed by atoms with Gasteiger partial charge in [0.2, 0.25) is 0 Å². The molecule has 1 saturated carbocycles. The molecule has 0 radical (unpaired) electrons. The second kappa shape index (κ2) is 6.56. The molecule has 1 aromatic carbocycles. The quantitative estimate of drug-likeness (QED) is 0.889. The van der Waals surface area contributed by atoms with Gasteiger partial charge in [0, 0.05) is 12.5 Å². The van der Waals surface area contributed by atoms with Crippen molar-refractivity contribution in [2.24, 2.45) is 22.1 Å². The van der Waals surface area contributed by atoms with Crippen LogP contribution in [0.5, 0.6) is 0 Å². The minimum Gasteiger partial charge on any atom is -0.462 e. The summed E-state index contributed by atoms with van der Waals surface area (Å²) in [5.41, 5.74) is 10.1. The predicted molar refractivity (Wildman–Crippen MR) is 104 cm³/mol. The van der Waals surface area contributed by atoms with Crippen molar-refractivity contribution in [3.63, 3.8) is 0 Å². The zero-order valence-corrected chi connectivity index (χ0v) is 16.4. The zero-order valence-electron chi connectivity index (χ0n) is 16.4. The summed E-state index contributed by atoms with van der Waals surface area (Å²) in [7, 11) is 1.83. The summed E-state index contributed by atoms with van der Waals surface area (Å²) in [6.45, 7) is 5.17. The molecule has 1 unspecified atom stereocenters. The molecule has 26 heavy (non-hydrogen) atoms. The molecule has 3 aliphatic rings. The second-order valence-corrected chi connectivity index (χ2v) is 8.92. The maximum absolute atomic E-state index is 6.03. The molecule has 1 heterocycles. The number of nitrogens with zero attached hydrogens (tertiary/aromatic N) is 1. The number of methoxy groups -OCH3 is 1. The molecular weight excluding hydrogens is 324 g/mol. The highest BCUT2D eigenvalue weighted by Gasteiger charge is 2.61. The third-order valence-corrected chi connectivity index (χ3v) is 6.99. The normalized spacial score (nSPS) is 32.9. The number of ether oxygens (including phenoxy) is 2. The second-order valence-electron chi connectivity index (χ2n) is 8.92. The lowest BCUT2D eigenvalue weighted by Gasteiger charge is -2.45. The summed E-state index contributed by atoms with van der Waals surface area (Å²) in [4.78, 5) is 4.96. The van der Waals surface area contributed by atoms with E-state index in [0.29, 0.717) is 18.7 Å². The van der Waals surface area contributed by atoms with Gasteiger partial charge in [0.1, 0.15) is 12.1 Å². The van der Waals surface area contributed by atoms with Gasteiger partial charge in [0.05, 0.1) is 6.10 Å². The molecular formula is C22H32N2O2. The summed E-state index contributed by atoms with van der Waals surface area (Å²) in [6.07, 6.45) is 8.26. The van der Waals surface area contributed by atoms with Crippen LogP contribution < -0.4 is 5.73 Å². The molecule has 4 nitrogen and oxygen atoms in total. The van der Waals surface area contributed by atoms with Crippen LogP contribution in [0.4, 0.5) is 0 Å². The Morgan fingerprint density at radius 2 is 2.08 bits per heavy atom. The van der Waals surface area contributed by atoms with E-state index in [-0.39, 0.29) is 11.0 Å². The lowest BCUT2D eigenvalue weighted by atomic mass is 9.62. The van der Waals surface area contributed by atoms with E-state index in [1.165, 1.54) is 23.1 Å². The Balaban J connectivity index is 1.71. The van der Waals surface area contributed by atoms with Gasteiger partial charge < -0.3 is 15.2 Å². The number of rotatable bonds is 4. The van der Waals surface area contributed by atoms with Crippen LogP contribution in [0, 0.1) is 11.3 Å². The molecule has 1 aliphatic heterocycles. The topological polar surface area (TPSA) is 56.8 Å². The van der Waals surface area contributed by atoms with E-state index < -0.39 is 0 Å². The molecule has 142 valence electrons. The molecule has 2 N–H and O–H groups in total. The van der Waals surface area contributed by atoms with Gasteiger partial charge in [-0.05, 0) is 67.6 Å². The van der Waals surface area contributed by atoms with Gasteiger partial charge in [-0.3, -0.25) is 0 Å². The predicted octanol–water partition coefficient (Wildman–Crippen LogP) is 3.95. The first-order chi connectivity index (χ1) is 12.5. The highest BCUT2D eigenvalue weighted by Crippen LogP contribution is 2.61. The number of fused-ring (bicyclic) bond motifs is 3. The van der Waals surface area contributed by atoms with E-state index in [9.17, 15) is 0 Å². The SMILES string of the molecule is COC1CCC2(CC1)Cc1ccc(CCC(C)C)cc1C21COC(N)=N1. The van der Waals surface area contributed by atoms with E-state index in [0.717, 1.165) is 44.4 Å². The third-order valence-electron chi connectivity index (χ3n) is 6.99.